The van der Waals surface area contributed by atoms with E-state index in [1.165, 1.54) is 0 Å². The summed E-state index contributed by atoms with van der Waals surface area (Å²) in [4.78, 5) is 26.8. The third-order valence-corrected chi connectivity index (χ3v) is 3.60. The van der Waals surface area contributed by atoms with Crippen LogP contribution in [0.4, 0.5) is 0 Å². The number of nitrogens with one attached hydrogen (secondary N) is 1. The van der Waals surface area contributed by atoms with Crippen molar-refractivity contribution in [3.8, 4) is 5.75 Å². The first-order chi connectivity index (χ1) is 10.5. The molecule has 2 amide bonds. The number of likely N-dealkylation sites (N-methyl/N-ethyl adjacent to an activating group) is 1. The number of nitrogens with zero attached hydrogens (tertiary/aromatic N) is 2. The van der Waals surface area contributed by atoms with Crippen molar-refractivity contribution in [2.24, 2.45) is 0 Å². The third-order valence-electron chi connectivity index (χ3n) is 3.35. The predicted octanol–water partition coefficient (Wildman–Crippen LogP) is 0.609. The molecule has 0 aliphatic carbocycles. The van der Waals surface area contributed by atoms with Gasteiger partial charge in [0.25, 0.3) is 0 Å². The van der Waals surface area contributed by atoms with E-state index in [-0.39, 0.29) is 24.9 Å². The lowest BCUT2D eigenvalue weighted by atomic mass is 10.3. The summed E-state index contributed by atoms with van der Waals surface area (Å²) in [6, 6.07) is 7.15. The molecule has 7 heteroatoms. The Morgan fingerprint density at radius 2 is 2.14 bits per heavy atom. The van der Waals surface area contributed by atoms with Gasteiger partial charge in [-0.2, -0.15) is 0 Å². The van der Waals surface area contributed by atoms with Gasteiger partial charge in [-0.1, -0.05) is 11.6 Å². The average molecular weight is 326 g/mol. The van der Waals surface area contributed by atoms with E-state index < -0.39 is 0 Å². The molecule has 1 aromatic rings. The molecule has 1 fully saturated rings. The Bertz CT molecular complexity index is 521. The number of halogens is 1. The highest BCUT2D eigenvalue weighted by Crippen LogP contribution is 2.15. The number of hydrogen-bond acceptors (Lipinski definition) is 4. The number of carbonyl (C=O) groups excluding carboxylic acids is 2. The van der Waals surface area contributed by atoms with Gasteiger partial charge in [-0.25, -0.2) is 0 Å². The highest BCUT2D eigenvalue weighted by Gasteiger charge is 2.21. The van der Waals surface area contributed by atoms with Crippen LogP contribution in [0.3, 0.4) is 0 Å². The van der Waals surface area contributed by atoms with Gasteiger partial charge in [0.05, 0.1) is 13.1 Å². The summed E-state index contributed by atoms with van der Waals surface area (Å²) in [5, 5.41) is 3.37. The fourth-order valence-corrected chi connectivity index (χ4v) is 2.24. The Morgan fingerprint density at radius 3 is 2.82 bits per heavy atom. The number of ether oxygens (including phenoxy) is 1. The number of amides is 2. The van der Waals surface area contributed by atoms with Crippen molar-refractivity contribution in [3.05, 3.63) is 29.3 Å². The van der Waals surface area contributed by atoms with Crippen LogP contribution in [-0.4, -0.2) is 68.0 Å². The van der Waals surface area contributed by atoms with Gasteiger partial charge >= 0.3 is 0 Å². The van der Waals surface area contributed by atoms with Gasteiger partial charge in [0.15, 0.2) is 0 Å². The Balaban J connectivity index is 1.68. The number of carbonyl (C=O) groups is 2. The fraction of sp³-hybridized carbons (Fsp3) is 0.467. The summed E-state index contributed by atoms with van der Waals surface area (Å²) in [5.41, 5.74) is 0. The summed E-state index contributed by atoms with van der Waals surface area (Å²) in [6.45, 7) is 2.61. The summed E-state index contributed by atoms with van der Waals surface area (Å²) >= 11 is 5.80. The normalized spacial score (nSPS) is 14.9. The van der Waals surface area contributed by atoms with Crippen LogP contribution in [0.25, 0.3) is 0 Å². The quantitative estimate of drug-likeness (QED) is 0.832. The van der Waals surface area contributed by atoms with Gasteiger partial charge < -0.3 is 15.0 Å². The fourth-order valence-electron chi connectivity index (χ4n) is 2.11. The van der Waals surface area contributed by atoms with Crippen molar-refractivity contribution in [2.45, 2.75) is 0 Å². The Hall–Kier alpha value is -1.79. The van der Waals surface area contributed by atoms with Gasteiger partial charge in [-0.15, -0.1) is 0 Å². The zero-order chi connectivity index (χ0) is 15.9. The van der Waals surface area contributed by atoms with E-state index in [2.05, 4.69) is 5.32 Å². The lowest BCUT2D eigenvalue weighted by Gasteiger charge is -2.28. The number of hydrogen-bond donors (Lipinski definition) is 1. The van der Waals surface area contributed by atoms with Crippen molar-refractivity contribution >= 4 is 23.4 Å². The average Bonchev–Trinajstić information content (AvgIpc) is 2.49. The Morgan fingerprint density at radius 1 is 1.41 bits per heavy atom. The van der Waals surface area contributed by atoms with Crippen molar-refractivity contribution in [3.63, 3.8) is 0 Å². The zero-order valence-electron chi connectivity index (χ0n) is 12.5. The highest BCUT2D eigenvalue weighted by atomic mass is 35.5. The van der Waals surface area contributed by atoms with E-state index in [0.717, 1.165) is 5.75 Å². The monoisotopic (exact) mass is 325 g/mol. The maximum absolute atomic E-state index is 12.1. The zero-order valence-corrected chi connectivity index (χ0v) is 13.3. The molecule has 0 radical (unpaired) electrons. The molecule has 120 valence electrons. The molecule has 1 N–H and O–H groups in total. The molecule has 0 spiro atoms. The first-order valence-electron chi connectivity index (χ1n) is 7.16. The number of rotatable bonds is 6. The standard InChI is InChI=1S/C15H20ClN3O3/c1-18(8-9-22-13-4-2-12(16)3-5-13)11-15(21)19-7-6-17-14(20)10-19/h2-5H,6-11H2,1H3,(H,17,20). The minimum atomic E-state index is -0.103. The van der Waals surface area contributed by atoms with E-state index in [1.807, 2.05) is 11.9 Å². The van der Waals surface area contributed by atoms with E-state index >= 15 is 0 Å². The number of piperazine rings is 1. The summed E-state index contributed by atoms with van der Waals surface area (Å²) in [6.07, 6.45) is 0. The molecule has 1 aliphatic heterocycles. The van der Waals surface area contributed by atoms with Gasteiger partial charge in [0.2, 0.25) is 11.8 Å². The molecule has 0 aromatic heterocycles. The van der Waals surface area contributed by atoms with Crippen LogP contribution in [0.15, 0.2) is 24.3 Å². The highest BCUT2D eigenvalue weighted by molar-refractivity contribution is 6.30. The van der Waals surface area contributed by atoms with Gasteiger partial charge in [0.1, 0.15) is 12.4 Å². The smallest absolute Gasteiger partial charge is 0.239 e. The molecule has 1 heterocycles. The minimum Gasteiger partial charge on any atom is -0.492 e. The molecule has 0 saturated carbocycles. The first kappa shape index (κ1) is 16.6. The topological polar surface area (TPSA) is 61.9 Å². The maximum atomic E-state index is 12.1. The summed E-state index contributed by atoms with van der Waals surface area (Å²) in [7, 11) is 1.85. The van der Waals surface area contributed by atoms with Crippen molar-refractivity contribution < 1.29 is 14.3 Å². The summed E-state index contributed by atoms with van der Waals surface area (Å²) < 4.78 is 5.59. The Labute approximate surface area is 135 Å². The van der Waals surface area contributed by atoms with Crippen LogP contribution in [0.1, 0.15) is 0 Å². The molecule has 0 bridgehead atoms. The third kappa shape index (κ3) is 5.20. The van der Waals surface area contributed by atoms with Gasteiger partial charge in [0, 0.05) is 24.7 Å². The molecule has 1 aliphatic rings. The molecule has 1 aromatic carbocycles. The second-order valence-corrected chi connectivity index (χ2v) is 5.64. The van der Waals surface area contributed by atoms with E-state index in [0.29, 0.717) is 31.3 Å². The molecule has 22 heavy (non-hydrogen) atoms. The predicted molar refractivity (Wildman–Crippen MR) is 84.0 cm³/mol. The molecule has 2 rings (SSSR count). The lowest BCUT2D eigenvalue weighted by molar-refractivity contribution is -0.138. The van der Waals surface area contributed by atoms with E-state index in [4.69, 9.17) is 16.3 Å². The molecule has 0 unspecified atom stereocenters. The van der Waals surface area contributed by atoms with Crippen LogP contribution in [0.2, 0.25) is 5.02 Å². The van der Waals surface area contributed by atoms with Crippen LogP contribution in [-0.2, 0) is 9.59 Å². The molecule has 1 saturated heterocycles. The minimum absolute atomic E-state index is 0.0381. The maximum Gasteiger partial charge on any atom is 0.239 e. The van der Waals surface area contributed by atoms with Gasteiger partial charge in [-0.3, -0.25) is 14.5 Å². The van der Waals surface area contributed by atoms with Gasteiger partial charge in [-0.05, 0) is 31.3 Å². The molecular weight excluding hydrogens is 306 g/mol. The van der Waals surface area contributed by atoms with Crippen molar-refractivity contribution in [1.82, 2.24) is 15.1 Å². The van der Waals surface area contributed by atoms with Crippen LogP contribution >= 0.6 is 11.6 Å². The van der Waals surface area contributed by atoms with E-state index in [1.54, 1.807) is 29.2 Å². The second kappa shape index (κ2) is 8.00. The SMILES string of the molecule is CN(CCOc1ccc(Cl)cc1)CC(=O)N1CCNC(=O)C1. The van der Waals surface area contributed by atoms with E-state index in [9.17, 15) is 9.59 Å². The molecule has 0 atom stereocenters. The van der Waals surface area contributed by atoms with Crippen LogP contribution in [0, 0.1) is 0 Å². The van der Waals surface area contributed by atoms with Crippen LogP contribution in [0.5, 0.6) is 5.75 Å². The van der Waals surface area contributed by atoms with Crippen molar-refractivity contribution in [1.29, 1.82) is 0 Å². The van der Waals surface area contributed by atoms with Crippen molar-refractivity contribution in [2.75, 3.05) is 46.4 Å². The second-order valence-electron chi connectivity index (χ2n) is 5.21. The Kier molecular flexibility index (Phi) is 6.03. The largest absolute Gasteiger partial charge is 0.492 e. The molecular formula is C15H20ClN3O3. The molecule has 6 nitrogen and oxygen atoms in total. The first-order valence-corrected chi connectivity index (χ1v) is 7.54. The number of benzene rings is 1. The lowest BCUT2D eigenvalue weighted by Crippen LogP contribution is -2.52. The van der Waals surface area contributed by atoms with Crippen LogP contribution < -0.4 is 10.1 Å². The summed E-state index contributed by atoms with van der Waals surface area (Å²) in [5.74, 6) is 0.606.